The standard InChI is InChI=1S/C6H10N/c1-2-6-3-4-7-5-6/h1-2,6-7H,3-5H2. The summed E-state index contributed by atoms with van der Waals surface area (Å²) in [6.45, 7) is 7.49. The second kappa shape index (κ2) is 2.12. The lowest BCUT2D eigenvalue weighted by Gasteiger charge is -1.93. The Bertz CT molecular complexity index is 62.6. The Morgan fingerprint density at radius 2 is 2.57 bits per heavy atom. The van der Waals surface area contributed by atoms with Gasteiger partial charge in [-0.1, -0.05) is 12.7 Å². The molecule has 39 valence electrons. The highest BCUT2D eigenvalue weighted by molar-refractivity contribution is 4.83. The molecule has 1 unspecified atom stereocenters. The van der Waals surface area contributed by atoms with Crippen LogP contribution in [0.5, 0.6) is 0 Å². The number of rotatable bonds is 1. The molecule has 1 heterocycles. The second-order valence-corrected chi connectivity index (χ2v) is 1.95. The molecule has 0 amide bonds. The fourth-order valence-electron chi connectivity index (χ4n) is 0.841. The minimum absolute atomic E-state index is 0.639. The molecule has 0 aromatic rings. The fraction of sp³-hybridized carbons (Fsp3) is 0.667. The highest BCUT2D eigenvalue weighted by Gasteiger charge is 2.08. The molecule has 0 saturated carbocycles. The lowest BCUT2D eigenvalue weighted by atomic mass is 10.1. The van der Waals surface area contributed by atoms with Crippen molar-refractivity contribution in [1.82, 2.24) is 5.32 Å². The van der Waals surface area contributed by atoms with E-state index in [2.05, 4.69) is 5.32 Å². The van der Waals surface area contributed by atoms with E-state index in [1.54, 1.807) is 6.08 Å². The Morgan fingerprint density at radius 3 is 2.86 bits per heavy atom. The van der Waals surface area contributed by atoms with Crippen molar-refractivity contribution in [3.8, 4) is 0 Å². The topological polar surface area (TPSA) is 12.0 Å². The van der Waals surface area contributed by atoms with Crippen LogP contribution >= 0.6 is 0 Å². The van der Waals surface area contributed by atoms with Gasteiger partial charge in [0.15, 0.2) is 0 Å². The minimum atomic E-state index is 0.639. The van der Waals surface area contributed by atoms with Gasteiger partial charge in [0, 0.05) is 6.54 Å². The molecule has 7 heavy (non-hydrogen) atoms. The molecule has 0 aromatic carbocycles. The van der Waals surface area contributed by atoms with Crippen LogP contribution in [0.2, 0.25) is 0 Å². The van der Waals surface area contributed by atoms with Gasteiger partial charge in [0.05, 0.1) is 0 Å². The minimum Gasteiger partial charge on any atom is -0.316 e. The van der Waals surface area contributed by atoms with Crippen LogP contribution in [0.3, 0.4) is 0 Å². The molecule has 1 aliphatic heterocycles. The Labute approximate surface area is 44.4 Å². The Balaban J connectivity index is 2.26. The maximum absolute atomic E-state index is 5.27. The smallest absolute Gasteiger partial charge is 0.00148 e. The molecule has 1 aliphatic rings. The molecule has 1 rings (SSSR count). The summed E-state index contributed by atoms with van der Waals surface area (Å²) >= 11 is 0. The van der Waals surface area contributed by atoms with Crippen LogP contribution < -0.4 is 5.32 Å². The zero-order valence-electron chi connectivity index (χ0n) is 4.35. The van der Waals surface area contributed by atoms with E-state index in [-0.39, 0.29) is 0 Å². The fourth-order valence-corrected chi connectivity index (χ4v) is 0.841. The van der Waals surface area contributed by atoms with Gasteiger partial charge in [0.25, 0.3) is 0 Å². The van der Waals surface area contributed by atoms with Crippen LogP contribution in [-0.4, -0.2) is 13.1 Å². The average molecular weight is 96.2 g/mol. The molecular formula is C6H10N. The predicted molar refractivity (Wildman–Crippen MR) is 29.8 cm³/mol. The van der Waals surface area contributed by atoms with Gasteiger partial charge in [-0.2, -0.15) is 0 Å². The van der Waals surface area contributed by atoms with E-state index in [0.717, 1.165) is 13.1 Å². The summed E-state index contributed by atoms with van der Waals surface area (Å²) in [5.41, 5.74) is 0. The summed E-state index contributed by atoms with van der Waals surface area (Å²) in [6.07, 6.45) is 3.00. The summed E-state index contributed by atoms with van der Waals surface area (Å²) in [7, 11) is 0. The maximum Gasteiger partial charge on any atom is 0.00148 e. The molecule has 0 spiro atoms. The van der Waals surface area contributed by atoms with Crippen molar-refractivity contribution in [1.29, 1.82) is 0 Å². The van der Waals surface area contributed by atoms with Gasteiger partial charge in [0.1, 0.15) is 0 Å². The van der Waals surface area contributed by atoms with Crippen molar-refractivity contribution in [2.45, 2.75) is 6.42 Å². The SMILES string of the molecule is [CH]=CC1CCNC1. The normalized spacial score (nSPS) is 30.6. The van der Waals surface area contributed by atoms with Crippen molar-refractivity contribution in [3.05, 3.63) is 12.7 Å². The third-order valence-electron chi connectivity index (χ3n) is 1.37. The van der Waals surface area contributed by atoms with Crippen LogP contribution in [0.1, 0.15) is 6.42 Å². The maximum atomic E-state index is 5.27. The van der Waals surface area contributed by atoms with Crippen LogP contribution in [-0.2, 0) is 0 Å². The molecule has 0 bridgehead atoms. The first-order valence-corrected chi connectivity index (χ1v) is 2.69. The van der Waals surface area contributed by atoms with Crippen molar-refractivity contribution in [2.24, 2.45) is 5.92 Å². The first-order valence-electron chi connectivity index (χ1n) is 2.69. The largest absolute Gasteiger partial charge is 0.316 e. The summed E-state index contributed by atoms with van der Waals surface area (Å²) in [4.78, 5) is 0. The molecule has 1 heteroatoms. The zero-order valence-corrected chi connectivity index (χ0v) is 4.35. The van der Waals surface area contributed by atoms with Gasteiger partial charge in [-0.15, -0.1) is 0 Å². The van der Waals surface area contributed by atoms with Crippen LogP contribution in [0.4, 0.5) is 0 Å². The highest BCUT2D eigenvalue weighted by Crippen LogP contribution is 2.06. The van der Waals surface area contributed by atoms with Gasteiger partial charge >= 0.3 is 0 Å². The summed E-state index contributed by atoms with van der Waals surface area (Å²) in [5, 5.41) is 3.21. The average Bonchev–Trinajstić information content (AvgIpc) is 2.14. The van der Waals surface area contributed by atoms with Gasteiger partial charge < -0.3 is 5.32 Å². The molecule has 1 atom stereocenters. The predicted octanol–water partition coefficient (Wildman–Crippen LogP) is 0.585. The Kier molecular flexibility index (Phi) is 1.47. The molecule has 0 aromatic heterocycles. The molecule has 1 N–H and O–H groups in total. The van der Waals surface area contributed by atoms with Gasteiger partial charge in [0.2, 0.25) is 0 Å². The lowest BCUT2D eigenvalue weighted by Crippen LogP contribution is -2.06. The van der Waals surface area contributed by atoms with Gasteiger partial charge in [-0.05, 0) is 18.9 Å². The Morgan fingerprint density at radius 1 is 1.71 bits per heavy atom. The van der Waals surface area contributed by atoms with Crippen molar-refractivity contribution in [2.75, 3.05) is 13.1 Å². The number of nitrogens with one attached hydrogen (secondary N) is 1. The molecule has 1 saturated heterocycles. The van der Waals surface area contributed by atoms with E-state index in [0.29, 0.717) is 5.92 Å². The zero-order chi connectivity index (χ0) is 5.11. The quantitative estimate of drug-likeness (QED) is 0.503. The molecule has 0 aliphatic carbocycles. The first-order chi connectivity index (χ1) is 3.43. The molecule has 1 fully saturated rings. The van der Waals surface area contributed by atoms with Crippen LogP contribution in [0.15, 0.2) is 6.08 Å². The second-order valence-electron chi connectivity index (χ2n) is 1.95. The monoisotopic (exact) mass is 96.1 g/mol. The third kappa shape index (κ3) is 1.03. The molecule has 1 radical (unpaired) electrons. The molecule has 1 nitrogen and oxygen atoms in total. The van der Waals surface area contributed by atoms with E-state index in [9.17, 15) is 0 Å². The van der Waals surface area contributed by atoms with E-state index in [1.165, 1.54) is 6.42 Å². The highest BCUT2D eigenvalue weighted by atomic mass is 14.9. The van der Waals surface area contributed by atoms with E-state index < -0.39 is 0 Å². The summed E-state index contributed by atoms with van der Waals surface area (Å²) in [6, 6.07) is 0. The van der Waals surface area contributed by atoms with Crippen LogP contribution in [0.25, 0.3) is 0 Å². The van der Waals surface area contributed by atoms with Gasteiger partial charge in [-0.3, -0.25) is 0 Å². The molecular weight excluding hydrogens is 86.1 g/mol. The van der Waals surface area contributed by atoms with Crippen molar-refractivity contribution < 1.29 is 0 Å². The van der Waals surface area contributed by atoms with Crippen molar-refractivity contribution in [3.63, 3.8) is 0 Å². The van der Waals surface area contributed by atoms with Crippen molar-refractivity contribution >= 4 is 0 Å². The third-order valence-corrected chi connectivity index (χ3v) is 1.37. The summed E-state index contributed by atoms with van der Waals surface area (Å²) in [5.74, 6) is 0.639. The van der Waals surface area contributed by atoms with Gasteiger partial charge in [-0.25, -0.2) is 0 Å². The van der Waals surface area contributed by atoms with E-state index >= 15 is 0 Å². The number of hydrogen-bond donors (Lipinski definition) is 1. The van der Waals surface area contributed by atoms with E-state index in [1.807, 2.05) is 0 Å². The summed E-state index contributed by atoms with van der Waals surface area (Å²) < 4.78 is 0. The first kappa shape index (κ1) is 4.85. The Hall–Kier alpha value is -0.300. The number of hydrogen-bond acceptors (Lipinski definition) is 1. The van der Waals surface area contributed by atoms with E-state index in [4.69, 9.17) is 6.58 Å². The van der Waals surface area contributed by atoms with Crippen LogP contribution in [0, 0.1) is 12.5 Å². The lowest BCUT2D eigenvalue weighted by molar-refractivity contribution is 0.729.